The Kier molecular flexibility index (Phi) is 8.84. The number of hydrogen-bond donors (Lipinski definition) is 0. The summed E-state index contributed by atoms with van der Waals surface area (Å²) in [6, 6.07) is 10.3. The second kappa shape index (κ2) is 11.1. The van der Waals surface area contributed by atoms with Crippen LogP contribution in [-0.4, -0.2) is 18.0 Å². The summed E-state index contributed by atoms with van der Waals surface area (Å²) in [4.78, 5) is 12.2. The molecule has 0 amide bonds. The molecule has 2 heteroatoms. The molecule has 26 heavy (non-hydrogen) atoms. The maximum absolute atomic E-state index is 12.2. The molecular formula is C24H34O2. The molecule has 142 valence electrons. The van der Waals surface area contributed by atoms with Gasteiger partial charge in [-0.1, -0.05) is 94.4 Å². The molecular weight excluding hydrogens is 320 g/mol. The normalized spacial score (nSPS) is 21.8. The van der Waals surface area contributed by atoms with E-state index in [4.69, 9.17) is 4.74 Å². The maximum Gasteiger partial charge on any atom is 0.169 e. The molecule has 1 aliphatic rings. The molecule has 0 fully saturated rings. The summed E-state index contributed by atoms with van der Waals surface area (Å²) in [5.74, 6) is 0.270. The molecule has 0 saturated heterocycles. The van der Waals surface area contributed by atoms with Gasteiger partial charge in [-0.05, 0) is 31.1 Å². The van der Waals surface area contributed by atoms with Gasteiger partial charge in [0.2, 0.25) is 0 Å². The van der Waals surface area contributed by atoms with Gasteiger partial charge in [-0.25, -0.2) is 0 Å². The lowest BCUT2D eigenvalue weighted by molar-refractivity contribution is -0.131. The first-order valence-electron chi connectivity index (χ1n) is 10.3. The fourth-order valence-electron chi connectivity index (χ4n) is 3.42. The minimum absolute atomic E-state index is 0.0519. The van der Waals surface area contributed by atoms with E-state index in [-0.39, 0.29) is 11.7 Å². The van der Waals surface area contributed by atoms with Crippen LogP contribution in [0.5, 0.6) is 0 Å². The van der Waals surface area contributed by atoms with Crippen molar-refractivity contribution in [2.24, 2.45) is 0 Å². The Morgan fingerprint density at radius 1 is 0.923 bits per heavy atom. The summed E-state index contributed by atoms with van der Waals surface area (Å²) in [5, 5.41) is 0. The third-order valence-corrected chi connectivity index (χ3v) is 5.18. The highest BCUT2D eigenvalue weighted by molar-refractivity contribution is 5.90. The molecule has 0 atom stereocenters. The second-order valence-corrected chi connectivity index (χ2v) is 7.33. The highest BCUT2D eigenvalue weighted by Gasteiger charge is 2.33. The molecule has 0 N–H and O–H groups in total. The summed E-state index contributed by atoms with van der Waals surface area (Å²) >= 11 is 0. The van der Waals surface area contributed by atoms with Crippen molar-refractivity contribution in [1.29, 1.82) is 0 Å². The first-order valence-corrected chi connectivity index (χ1v) is 10.3. The van der Waals surface area contributed by atoms with Crippen molar-refractivity contribution in [3.05, 3.63) is 60.2 Å². The van der Waals surface area contributed by atoms with Crippen molar-refractivity contribution < 1.29 is 9.53 Å². The zero-order chi connectivity index (χ0) is 18.7. The molecule has 0 unspecified atom stereocenters. The van der Waals surface area contributed by atoms with Crippen molar-refractivity contribution in [1.82, 2.24) is 0 Å². The number of ketones is 1. The zero-order valence-electron chi connectivity index (χ0n) is 16.5. The Balaban J connectivity index is 1.75. The molecule has 0 aliphatic heterocycles. The average Bonchev–Trinajstić information content (AvgIpc) is 2.68. The summed E-state index contributed by atoms with van der Waals surface area (Å²) in [6.45, 7) is 4.50. The number of rotatable bonds is 12. The fraction of sp³-hybridized carbons (Fsp3) is 0.542. The minimum atomic E-state index is -0.869. The lowest BCUT2D eigenvalue weighted by atomic mass is 9.86. The van der Waals surface area contributed by atoms with Gasteiger partial charge in [0, 0.05) is 12.5 Å². The zero-order valence-corrected chi connectivity index (χ0v) is 16.5. The van der Waals surface area contributed by atoms with E-state index in [1.54, 1.807) is 6.92 Å². The van der Waals surface area contributed by atoms with Gasteiger partial charge in [0.05, 0.1) is 0 Å². The summed E-state index contributed by atoms with van der Waals surface area (Å²) in [5.41, 5.74) is 0.368. The topological polar surface area (TPSA) is 26.3 Å². The molecule has 1 aromatic rings. The minimum Gasteiger partial charge on any atom is -0.359 e. The number of carbonyl (C=O) groups excluding carboxylic acids is 1. The first kappa shape index (κ1) is 20.6. The van der Waals surface area contributed by atoms with E-state index in [0.29, 0.717) is 6.61 Å². The Bertz CT molecular complexity index is 571. The maximum atomic E-state index is 12.2. The Labute approximate surface area is 159 Å². The molecule has 1 aromatic carbocycles. The van der Waals surface area contributed by atoms with Crippen LogP contribution in [0.4, 0.5) is 0 Å². The summed E-state index contributed by atoms with van der Waals surface area (Å²) in [6.07, 6.45) is 18.2. The van der Waals surface area contributed by atoms with E-state index in [0.717, 1.165) is 6.42 Å². The van der Waals surface area contributed by atoms with Gasteiger partial charge in [0.25, 0.3) is 0 Å². The van der Waals surface area contributed by atoms with Gasteiger partial charge in [-0.2, -0.15) is 0 Å². The van der Waals surface area contributed by atoms with Gasteiger partial charge in [0.1, 0.15) is 0 Å². The van der Waals surface area contributed by atoms with Crippen LogP contribution in [0.15, 0.2) is 54.6 Å². The number of hydrogen-bond acceptors (Lipinski definition) is 2. The van der Waals surface area contributed by atoms with Gasteiger partial charge >= 0.3 is 0 Å². The average molecular weight is 355 g/mol. The fourth-order valence-corrected chi connectivity index (χ4v) is 3.42. The standard InChI is InChI=1S/C24H34O2/c1-3-4-5-6-7-8-9-13-20-26-24(21(2)25)18-16-23(17-19-24)22-14-11-10-12-15-22/h10-12,14-19,23H,3-9,13,20H2,1-2H3. The van der Waals surface area contributed by atoms with E-state index < -0.39 is 5.60 Å². The Hall–Kier alpha value is -1.67. The van der Waals surface area contributed by atoms with Crippen LogP contribution >= 0.6 is 0 Å². The molecule has 0 bridgehead atoms. The lowest BCUT2D eigenvalue weighted by Crippen LogP contribution is -2.37. The highest BCUT2D eigenvalue weighted by Crippen LogP contribution is 2.29. The van der Waals surface area contributed by atoms with Crippen molar-refractivity contribution in [2.45, 2.75) is 76.7 Å². The lowest BCUT2D eigenvalue weighted by Gasteiger charge is -2.29. The molecule has 0 radical (unpaired) electrons. The molecule has 0 aromatic heterocycles. The number of carbonyl (C=O) groups is 1. The summed E-state index contributed by atoms with van der Waals surface area (Å²) in [7, 11) is 0. The largest absolute Gasteiger partial charge is 0.359 e. The first-order chi connectivity index (χ1) is 12.7. The predicted molar refractivity (Wildman–Crippen MR) is 109 cm³/mol. The van der Waals surface area contributed by atoms with E-state index in [9.17, 15) is 4.79 Å². The molecule has 0 spiro atoms. The number of unbranched alkanes of at least 4 members (excludes halogenated alkanes) is 7. The van der Waals surface area contributed by atoms with E-state index in [2.05, 4.69) is 31.2 Å². The quantitative estimate of drug-likeness (QED) is 0.321. The van der Waals surface area contributed by atoms with Crippen molar-refractivity contribution >= 4 is 5.78 Å². The van der Waals surface area contributed by atoms with Crippen LogP contribution < -0.4 is 0 Å². The third kappa shape index (κ3) is 6.25. The van der Waals surface area contributed by atoms with Gasteiger partial charge in [-0.15, -0.1) is 0 Å². The van der Waals surface area contributed by atoms with Crippen LogP contribution in [-0.2, 0) is 9.53 Å². The van der Waals surface area contributed by atoms with E-state index in [1.165, 1.54) is 50.5 Å². The SMILES string of the molecule is CCCCCCCCCCOC1(C(C)=O)C=CC(c2ccccc2)C=C1. The number of allylic oxidation sites excluding steroid dienone is 2. The number of benzene rings is 1. The van der Waals surface area contributed by atoms with Crippen LogP contribution in [0, 0.1) is 0 Å². The predicted octanol–water partition coefficient (Wildman–Crippen LogP) is 6.38. The number of Topliss-reactive ketones (excluding diaryl/α,β-unsaturated/α-hetero) is 1. The van der Waals surface area contributed by atoms with Crippen LogP contribution in [0.3, 0.4) is 0 Å². The van der Waals surface area contributed by atoms with E-state index >= 15 is 0 Å². The van der Waals surface area contributed by atoms with Gasteiger partial charge in [0.15, 0.2) is 11.4 Å². The highest BCUT2D eigenvalue weighted by atomic mass is 16.5. The van der Waals surface area contributed by atoms with Crippen molar-refractivity contribution in [3.63, 3.8) is 0 Å². The smallest absolute Gasteiger partial charge is 0.169 e. The van der Waals surface area contributed by atoms with Crippen LogP contribution in [0.25, 0.3) is 0 Å². The number of ether oxygens (including phenoxy) is 1. The van der Waals surface area contributed by atoms with Gasteiger partial charge in [-0.3, -0.25) is 4.79 Å². The molecule has 0 saturated carbocycles. The van der Waals surface area contributed by atoms with Crippen molar-refractivity contribution in [2.75, 3.05) is 6.61 Å². The van der Waals surface area contributed by atoms with Crippen molar-refractivity contribution in [3.8, 4) is 0 Å². The third-order valence-electron chi connectivity index (χ3n) is 5.18. The monoisotopic (exact) mass is 354 g/mol. The molecule has 0 heterocycles. The molecule has 2 nitrogen and oxygen atoms in total. The molecule has 1 aliphatic carbocycles. The van der Waals surface area contributed by atoms with E-state index in [1.807, 2.05) is 30.4 Å². The van der Waals surface area contributed by atoms with Crippen LogP contribution in [0.2, 0.25) is 0 Å². The Morgan fingerprint density at radius 2 is 1.50 bits per heavy atom. The molecule has 2 rings (SSSR count). The van der Waals surface area contributed by atoms with Crippen LogP contribution in [0.1, 0.15) is 76.7 Å². The Morgan fingerprint density at radius 3 is 2.08 bits per heavy atom. The van der Waals surface area contributed by atoms with Gasteiger partial charge < -0.3 is 4.74 Å². The second-order valence-electron chi connectivity index (χ2n) is 7.33. The summed E-state index contributed by atoms with van der Waals surface area (Å²) < 4.78 is 6.04.